The van der Waals surface area contributed by atoms with E-state index in [0.717, 1.165) is 18.1 Å². The van der Waals surface area contributed by atoms with E-state index in [-0.39, 0.29) is 0 Å². The van der Waals surface area contributed by atoms with E-state index >= 15 is 0 Å². The standard InChI is InChI=1S/C14H16N2O2.C2H4O2/c1-17-12-8-7-10(13(16)14(12)18-2)9-5-3-4-6-11(9)15;1-2(3)4/h3-8H,15-16H2,1-2H3;1H3,(H,3,4). The molecule has 0 atom stereocenters. The maximum absolute atomic E-state index is 9.00. The molecule has 2 rings (SSSR count). The van der Waals surface area contributed by atoms with Crippen LogP contribution in [0, 0.1) is 0 Å². The summed E-state index contributed by atoms with van der Waals surface area (Å²) in [7, 11) is 3.14. The van der Waals surface area contributed by atoms with Crippen LogP contribution in [0.25, 0.3) is 11.1 Å². The van der Waals surface area contributed by atoms with Gasteiger partial charge in [-0.15, -0.1) is 0 Å². The Morgan fingerprint density at radius 3 is 2.09 bits per heavy atom. The van der Waals surface area contributed by atoms with E-state index in [9.17, 15) is 0 Å². The molecule has 0 spiro atoms. The summed E-state index contributed by atoms with van der Waals surface area (Å²) in [6.07, 6.45) is 0. The molecule has 0 amide bonds. The number of carboxylic acid groups (broad SMARTS) is 1. The molecule has 0 bridgehead atoms. The molecule has 0 saturated heterocycles. The monoisotopic (exact) mass is 304 g/mol. The van der Waals surface area contributed by atoms with Crippen molar-refractivity contribution in [3.05, 3.63) is 36.4 Å². The van der Waals surface area contributed by atoms with E-state index in [1.807, 2.05) is 36.4 Å². The molecule has 0 radical (unpaired) electrons. The fraction of sp³-hybridized carbons (Fsp3) is 0.188. The van der Waals surface area contributed by atoms with Crippen LogP contribution >= 0.6 is 0 Å². The maximum Gasteiger partial charge on any atom is 0.300 e. The van der Waals surface area contributed by atoms with Gasteiger partial charge in [-0.25, -0.2) is 0 Å². The van der Waals surface area contributed by atoms with Gasteiger partial charge in [-0.2, -0.15) is 0 Å². The summed E-state index contributed by atoms with van der Waals surface area (Å²) in [4.78, 5) is 9.00. The van der Waals surface area contributed by atoms with Crippen LogP contribution in [0.4, 0.5) is 11.4 Å². The minimum atomic E-state index is -0.833. The molecule has 0 aliphatic heterocycles. The molecule has 0 fully saturated rings. The molecule has 0 aliphatic rings. The van der Waals surface area contributed by atoms with Crippen LogP contribution in [0.5, 0.6) is 11.5 Å². The third-order valence-electron chi connectivity index (χ3n) is 2.83. The molecule has 0 aliphatic carbocycles. The van der Waals surface area contributed by atoms with Crippen molar-refractivity contribution in [2.24, 2.45) is 0 Å². The number of rotatable bonds is 3. The smallest absolute Gasteiger partial charge is 0.300 e. The van der Waals surface area contributed by atoms with Crippen molar-refractivity contribution in [1.29, 1.82) is 0 Å². The molecular weight excluding hydrogens is 284 g/mol. The second-order valence-corrected chi connectivity index (χ2v) is 4.37. The Morgan fingerprint density at radius 2 is 1.59 bits per heavy atom. The lowest BCUT2D eigenvalue weighted by Gasteiger charge is -2.15. The SMILES string of the molecule is CC(=O)O.COc1ccc(-c2ccccc2N)c(N)c1OC. The number of anilines is 2. The zero-order valence-electron chi connectivity index (χ0n) is 12.8. The van der Waals surface area contributed by atoms with Crippen molar-refractivity contribution in [1.82, 2.24) is 0 Å². The third-order valence-corrected chi connectivity index (χ3v) is 2.83. The van der Waals surface area contributed by atoms with E-state index in [1.165, 1.54) is 0 Å². The fourth-order valence-electron chi connectivity index (χ4n) is 1.93. The molecule has 0 heterocycles. The van der Waals surface area contributed by atoms with Gasteiger partial charge in [0.05, 0.1) is 19.9 Å². The first kappa shape index (κ1) is 17.2. The van der Waals surface area contributed by atoms with Crippen LogP contribution in [0.1, 0.15) is 6.92 Å². The number of nitrogens with two attached hydrogens (primary N) is 2. The minimum Gasteiger partial charge on any atom is -0.493 e. The van der Waals surface area contributed by atoms with Crippen molar-refractivity contribution < 1.29 is 19.4 Å². The van der Waals surface area contributed by atoms with Crippen LogP contribution in [0.15, 0.2) is 36.4 Å². The number of carboxylic acids is 1. The lowest BCUT2D eigenvalue weighted by molar-refractivity contribution is -0.134. The Balaban J connectivity index is 0.000000541. The van der Waals surface area contributed by atoms with Crippen LogP contribution in [0.3, 0.4) is 0 Å². The van der Waals surface area contributed by atoms with Gasteiger partial charge < -0.3 is 26.0 Å². The van der Waals surface area contributed by atoms with Gasteiger partial charge in [0.25, 0.3) is 5.97 Å². The summed E-state index contributed by atoms with van der Waals surface area (Å²) >= 11 is 0. The average molecular weight is 304 g/mol. The second kappa shape index (κ2) is 7.78. The number of para-hydroxylation sites is 1. The zero-order valence-corrected chi connectivity index (χ0v) is 12.8. The summed E-state index contributed by atoms with van der Waals surface area (Å²) in [6.45, 7) is 1.08. The Labute approximate surface area is 129 Å². The van der Waals surface area contributed by atoms with Gasteiger partial charge >= 0.3 is 0 Å². The summed E-state index contributed by atoms with van der Waals surface area (Å²) in [5.74, 6) is 0.298. The van der Waals surface area contributed by atoms with Gasteiger partial charge in [-0.3, -0.25) is 4.79 Å². The molecule has 2 aromatic rings. The van der Waals surface area contributed by atoms with Crippen LogP contribution in [-0.2, 0) is 4.79 Å². The van der Waals surface area contributed by atoms with Crippen LogP contribution < -0.4 is 20.9 Å². The van der Waals surface area contributed by atoms with E-state index in [0.29, 0.717) is 22.9 Å². The first-order chi connectivity index (χ1) is 10.4. The number of benzene rings is 2. The van der Waals surface area contributed by atoms with Crippen LogP contribution in [-0.4, -0.2) is 25.3 Å². The van der Waals surface area contributed by atoms with Gasteiger partial charge in [0.15, 0.2) is 11.5 Å². The number of carbonyl (C=O) groups is 1. The van der Waals surface area contributed by atoms with Crippen molar-refractivity contribution in [2.45, 2.75) is 6.92 Å². The molecule has 118 valence electrons. The van der Waals surface area contributed by atoms with E-state index in [1.54, 1.807) is 14.2 Å². The first-order valence-electron chi connectivity index (χ1n) is 6.47. The Hall–Kier alpha value is -2.89. The molecule has 6 nitrogen and oxygen atoms in total. The first-order valence-corrected chi connectivity index (χ1v) is 6.47. The van der Waals surface area contributed by atoms with E-state index in [2.05, 4.69) is 0 Å². The quantitative estimate of drug-likeness (QED) is 0.752. The number of nitrogen functional groups attached to an aromatic ring is 2. The predicted molar refractivity (Wildman–Crippen MR) is 87.1 cm³/mol. The molecule has 2 aromatic carbocycles. The Kier molecular flexibility index (Phi) is 6.07. The maximum atomic E-state index is 9.00. The van der Waals surface area contributed by atoms with Crippen molar-refractivity contribution in [3.63, 3.8) is 0 Å². The highest BCUT2D eigenvalue weighted by Gasteiger charge is 2.14. The van der Waals surface area contributed by atoms with Crippen molar-refractivity contribution >= 4 is 17.3 Å². The average Bonchev–Trinajstić information content (AvgIpc) is 2.47. The lowest BCUT2D eigenvalue weighted by Crippen LogP contribution is -1.99. The topological polar surface area (TPSA) is 108 Å². The molecule has 6 heteroatoms. The van der Waals surface area contributed by atoms with Crippen molar-refractivity contribution in [3.8, 4) is 22.6 Å². The Bertz CT molecular complexity index is 653. The Morgan fingerprint density at radius 1 is 1.00 bits per heavy atom. The summed E-state index contributed by atoms with van der Waals surface area (Å²) in [5.41, 5.74) is 15.0. The zero-order chi connectivity index (χ0) is 16.7. The molecule has 0 saturated carbocycles. The van der Waals surface area contributed by atoms with Crippen LogP contribution in [0.2, 0.25) is 0 Å². The van der Waals surface area contributed by atoms with Gasteiger partial charge in [0, 0.05) is 23.7 Å². The second-order valence-electron chi connectivity index (χ2n) is 4.37. The largest absolute Gasteiger partial charge is 0.493 e. The van der Waals surface area contributed by atoms with Crippen molar-refractivity contribution in [2.75, 3.05) is 25.7 Å². The van der Waals surface area contributed by atoms with Gasteiger partial charge in [-0.05, 0) is 18.2 Å². The molecule has 5 N–H and O–H groups in total. The number of ether oxygens (including phenoxy) is 2. The van der Waals surface area contributed by atoms with Gasteiger partial charge in [0.1, 0.15) is 0 Å². The fourth-order valence-corrected chi connectivity index (χ4v) is 1.93. The highest BCUT2D eigenvalue weighted by atomic mass is 16.5. The normalized spacial score (nSPS) is 9.41. The van der Waals surface area contributed by atoms with E-state index in [4.69, 9.17) is 30.8 Å². The number of hydrogen-bond donors (Lipinski definition) is 3. The highest BCUT2D eigenvalue weighted by molar-refractivity contribution is 5.88. The number of methoxy groups -OCH3 is 2. The molecule has 0 unspecified atom stereocenters. The molecule has 0 aromatic heterocycles. The summed E-state index contributed by atoms with van der Waals surface area (Å²) < 4.78 is 10.5. The van der Waals surface area contributed by atoms with E-state index < -0.39 is 5.97 Å². The minimum absolute atomic E-state index is 0.523. The molecule has 22 heavy (non-hydrogen) atoms. The highest BCUT2D eigenvalue weighted by Crippen LogP contribution is 2.41. The predicted octanol–water partition coefficient (Wildman–Crippen LogP) is 2.63. The lowest BCUT2D eigenvalue weighted by atomic mass is 10.0. The number of hydrogen-bond acceptors (Lipinski definition) is 5. The number of aliphatic carboxylic acids is 1. The third kappa shape index (κ3) is 4.05. The summed E-state index contributed by atoms with van der Waals surface area (Å²) in [5, 5.41) is 7.42. The summed E-state index contributed by atoms with van der Waals surface area (Å²) in [6, 6.07) is 11.3. The van der Waals surface area contributed by atoms with Gasteiger partial charge in [-0.1, -0.05) is 18.2 Å². The van der Waals surface area contributed by atoms with Gasteiger partial charge in [0.2, 0.25) is 0 Å². The molecular formula is C16H20N2O4.